The van der Waals surface area contributed by atoms with Gasteiger partial charge >= 0.3 is 0 Å². The van der Waals surface area contributed by atoms with E-state index in [-0.39, 0.29) is 0 Å². The smallest absolute Gasteiger partial charge is 0.138 e. The second-order valence-electron chi connectivity index (χ2n) is 8.21. The third-order valence-corrected chi connectivity index (χ3v) is 5.85. The van der Waals surface area contributed by atoms with Crippen LogP contribution in [0.4, 0.5) is 22.7 Å². The Balaban J connectivity index is 1.25. The molecule has 2 heterocycles. The molecule has 0 bridgehead atoms. The largest absolute Gasteiger partial charge is 0.355 e. The molecule has 0 fully saturated rings. The van der Waals surface area contributed by atoms with Gasteiger partial charge < -0.3 is 15.6 Å². The Hall–Kier alpha value is -5.15. The summed E-state index contributed by atoms with van der Waals surface area (Å²) in [4.78, 5) is 12.6. The van der Waals surface area contributed by atoms with Crippen LogP contribution in [-0.4, -0.2) is 15.0 Å². The lowest BCUT2D eigenvalue weighted by atomic mass is 10.1. The number of aromatic nitrogens is 3. The van der Waals surface area contributed by atoms with E-state index in [2.05, 4.69) is 32.7 Å². The van der Waals surface area contributed by atoms with Crippen LogP contribution in [0.3, 0.4) is 0 Å². The average Bonchev–Trinajstić information content (AvgIpc) is 3.33. The highest BCUT2D eigenvalue weighted by Crippen LogP contribution is 2.29. The fraction of sp³-hybridized carbons (Fsp3) is 0. The van der Waals surface area contributed by atoms with Crippen LogP contribution in [0.5, 0.6) is 0 Å². The van der Waals surface area contributed by atoms with Gasteiger partial charge in [-0.3, -0.25) is 4.98 Å². The summed E-state index contributed by atoms with van der Waals surface area (Å²) in [7, 11) is 0. The molecule has 35 heavy (non-hydrogen) atoms. The molecular formula is C29H20N6. The van der Waals surface area contributed by atoms with Crippen molar-refractivity contribution in [3.05, 3.63) is 109 Å². The van der Waals surface area contributed by atoms with Crippen molar-refractivity contribution in [2.45, 2.75) is 0 Å². The fourth-order valence-corrected chi connectivity index (χ4v) is 4.10. The maximum atomic E-state index is 9.25. The second-order valence-corrected chi connectivity index (χ2v) is 8.21. The Morgan fingerprint density at radius 2 is 1.49 bits per heavy atom. The molecule has 0 unspecified atom stereocenters. The van der Waals surface area contributed by atoms with Gasteiger partial charge in [-0.25, -0.2) is 4.98 Å². The van der Waals surface area contributed by atoms with Crippen molar-refractivity contribution in [3.8, 4) is 17.5 Å². The zero-order valence-corrected chi connectivity index (χ0v) is 18.7. The van der Waals surface area contributed by atoms with Crippen LogP contribution in [0, 0.1) is 11.3 Å². The SMILES string of the molecule is N#Cc1ccc2nccc(Nc3ccc(-c4nc5ccc(Nc6ccccc6)cc5[nH]4)cc3)c2c1. The highest BCUT2D eigenvalue weighted by Gasteiger charge is 2.08. The molecule has 0 spiro atoms. The Morgan fingerprint density at radius 3 is 2.31 bits per heavy atom. The van der Waals surface area contributed by atoms with E-state index in [1.54, 1.807) is 12.3 Å². The summed E-state index contributed by atoms with van der Waals surface area (Å²) in [5.41, 5.74) is 8.22. The van der Waals surface area contributed by atoms with Crippen molar-refractivity contribution < 1.29 is 0 Å². The fourth-order valence-electron chi connectivity index (χ4n) is 4.10. The normalized spacial score (nSPS) is 10.8. The number of imidazole rings is 1. The summed E-state index contributed by atoms with van der Waals surface area (Å²) in [6.07, 6.45) is 1.76. The van der Waals surface area contributed by atoms with Gasteiger partial charge in [-0.1, -0.05) is 18.2 Å². The topological polar surface area (TPSA) is 89.4 Å². The number of nitrogens with one attached hydrogen (secondary N) is 3. The molecule has 0 saturated heterocycles. The second kappa shape index (κ2) is 8.65. The zero-order valence-electron chi connectivity index (χ0n) is 18.7. The maximum absolute atomic E-state index is 9.25. The monoisotopic (exact) mass is 452 g/mol. The predicted octanol–water partition coefficient (Wildman–Crippen LogP) is 7.14. The lowest BCUT2D eigenvalue weighted by Gasteiger charge is -2.10. The third-order valence-electron chi connectivity index (χ3n) is 5.85. The maximum Gasteiger partial charge on any atom is 0.138 e. The number of anilines is 4. The first-order valence-corrected chi connectivity index (χ1v) is 11.2. The van der Waals surface area contributed by atoms with Gasteiger partial charge in [-0.05, 0) is 78.9 Å². The number of pyridine rings is 1. The number of rotatable bonds is 5. The number of H-pyrrole nitrogens is 1. The summed E-state index contributed by atoms with van der Waals surface area (Å²) < 4.78 is 0. The summed E-state index contributed by atoms with van der Waals surface area (Å²) >= 11 is 0. The van der Waals surface area contributed by atoms with Crippen LogP contribution in [0.2, 0.25) is 0 Å². The van der Waals surface area contributed by atoms with Crippen LogP contribution in [-0.2, 0) is 0 Å². The van der Waals surface area contributed by atoms with Crippen molar-refractivity contribution >= 4 is 44.7 Å². The summed E-state index contributed by atoms with van der Waals surface area (Å²) in [6, 6.07) is 33.9. The summed E-state index contributed by atoms with van der Waals surface area (Å²) in [5, 5.41) is 17.0. The number of hydrogen-bond donors (Lipinski definition) is 3. The molecule has 6 heteroatoms. The number of hydrogen-bond acceptors (Lipinski definition) is 5. The van der Waals surface area contributed by atoms with Crippen LogP contribution >= 0.6 is 0 Å². The quantitative estimate of drug-likeness (QED) is 0.259. The summed E-state index contributed by atoms with van der Waals surface area (Å²) in [5.74, 6) is 0.816. The molecule has 6 aromatic rings. The minimum Gasteiger partial charge on any atom is -0.355 e. The Morgan fingerprint density at radius 1 is 0.714 bits per heavy atom. The zero-order chi connectivity index (χ0) is 23.6. The van der Waals surface area contributed by atoms with E-state index < -0.39 is 0 Å². The van der Waals surface area contributed by atoms with Crippen LogP contribution < -0.4 is 10.6 Å². The molecule has 0 aliphatic rings. The molecule has 3 N–H and O–H groups in total. The number of nitriles is 1. The Labute approximate surface area is 201 Å². The van der Waals surface area contributed by atoms with E-state index in [4.69, 9.17) is 4.98 Å². The van der Waals surface area contributed by atoms with Gasteiger partial charge in [0.2, 0.25) is 0 Å². The molecule has 6 rings (SSSR count). The van der Waals surface area contributed by atoms with Crippen LogP contribution in [0.25, 0.3) is 33.3 Å². The first kappa shape index (κ1) is 20.5. The standard InChI is InChI=1S/C29H20N6/c30-18-19-6-12-25-24(16-19)26(14-15-31-25)33-22-9-7-20(8-10-22)29-34-27-13-11-23(17-28(27)35-29)32-21-4-2-1-3-5-21/h1-17,32H,(H,31,33)(H,34,35). The molecule has 0 atom stereocenters. The molecule has 2 aromatic heterocycles. The van der Waals surface area contributed by atoms with Gasteiger partial charge in [0.1, 0.15) is 5.82 Å². The number of fused-ring (bicyclic) bond motifs is 2. The number of nitrogens with zero attached hydrogens (tertiary/aromatic N) is 3. The number of para-hydroxylation sites is 1. The minimum atomic E-state index is 0.607. The van der Waals surface area contributed by atoms with Gasteiger partial charge in [0.15, 0.2) is 0 Å². The molecule has 0 aliphatic heterocycles. The van der Waals surface area contributed by atoms with Gasteiger partial charge in [-0.15, -0.1) is 0 Å². The molecule has 6 nitrogen and oxygen atoms in total. The number of aromatic amines is 1. The van der Waals surface area contributed by atoms with E-state index in [1.165, 1.54) is 0 Å². The molecule has 166 valence electrons. The van der Waals surface area contributed by atoms with Crippen molar-refractivity contribution in [3.63, 3.8) is 0 Å². The Bertz CT molecular complexity index is 1700. The predicted molar refractivity (Wildman–Crippen MR) is 141 cm³/mol. The molecule has 0 saturated carbocycles. The van der Waals surface area contributed by atoms with E-state index in [1.807, 2.05) is 84.9 Å². The third kappa shape index (κ3) is 4.14. The molecule has 0 radical (unpaired) electrons. The van der Waals surface area contributed by atoms with Gasteiger partial charge in [0, 0.05) is 39.9 Å². The van der Waals surface area contributed by atoms with E-state index in [0.29, 0.717) is 5.56 Å². The first-order chi connectivity index (χ1) is 17.2. The lowest BCUT2D eigenvalue weighted by molar-refractivity contribution is 1.33. The highest BCUT2D eigenvalue weighted by atomic mass is 14.9. The first-order valence-electron chi connectivity index (χ1n) is 11.2. The van der Waals surface area contributed by atoms with Crippen LogP contribution in [0.1, 0.15) is 5.56 Å². The van der Waals surface area contributed by atoms with Gasteiger partial charge in [0.05, 0.1) is 28.2 Å². The Kier molecular flexibility index (Phi) is 5.06. The van der Waals surface area contributed by atoms with Crippen LogP contribution in [0.15, 0.2) is 103 Å². The van der Waals surface area contributed by atoms with Crippen molar-refractivity contribution in [2.75, 3.05) is 10.6 Å². The summed E-state index contributed by atoms with van der Waals surface area (Å²) in [6.45, 7) is 0. The minimum absolute atomic E-state index is 0.607. The van der Waals surface area contributed by atoms with E-state index >= 15 is 0 Å². The van der Waals surface area contributed by atoms with E-state index in [0.717, 1.165) is 56.1 Å². The van der Waals surface area contributed by atoms with Crippen molar-refractivity contribution in [2.24, 2.45) is 0 Å². The van der Waals surface area contributed by atoms with E-state index in [9.17, 15) is 5.26 Å². The molecule has 0 aliphatic carbocycles. The molecule has 0 amide bonds. The molecular weight excluding hydrogens is 432 g/mol. The highest BCUT2D eigenvalue weighted by molar-refractivity contribution is 5.93. The van der Waals surface area contributed by atoms with Gasteiger partial charge in [-0.2, -0.15) is 5.26 Å². The van der Waals surface area contributed by atoms with Crippen molar-refractivity contribution in [1.29, 1.82) is 5.26 Å². The lowest BCUT2D eigenvalue weighted by Crippen LogP contribution is -1.93. The average molecular weight is 453 g/mol. The molecule has 4 aromatic carbocycles. The van der Waals surface area contributed by atoms with Crippen molar-refractivity contribution in [1.82, 2.24) is 15.0 Å². The number of benzene rings is 4. The van der Waals surface area contributed by atoms with Gasteiger partial charge in [0.25, 0.3) is 0 Å².